The first kappa shape index (κ1) is 45.6. The minimum Gasteiger partial charge on any atom is -0.311 e. The zero-order valence-corrected chi connectivity index (χ0v) is 46.5. The summed E-state index contributed by atoms with van der Waals surface area (Å²) in [5, 5.41) is 0. The minimum atomic E-state index is -0.493. The number of aryl methyl sites for hydroxylation is 2. The van der Waals surface area contributed by atoms with Gasteiger partial charge in [-0.05, 0) is 173 Å². The number of anilines is 6. The lowest BCUT2D eigenvalue weighted by Gasteiger charge is -2.44. The van der Waals surface area contributed by atoms with E-state index in [9.17, 15) is 0 Å². The average Bonchev–Trinajstić information content (AvgIpc) is 2.67. The van der Waals surface area contributed by atoms with Gasteiger partial charge in [-0.3, -0.25) is 0 Å². The summed E-state index contributed by atoms with van der Waals surface area (Å²) in [5.74, 6) is 0.413. The quantitative estimate of drug-likeness (QED) is 0.163. The largest absolute Gasteiger partial charge is 0.311 e. The minimum absolute atomic E-state index is 0.00465. The molecule has 1 aromatic heterocycles. The van der Waals surface area contributed by atoms with E-state index in [0.29, 0.717) is 5.92 Å². The van der Waals surface area contributed by atoms with Crippen LogP contribution in [0.3, 0.4) is 0 Å². The summed E-state index contributed by atoms with van der Waals surface area (Å²) in [4.78, 5) is 6.78. The molecule has 4 heteroatoms. The molecule has 2 spiro atoms. The van der Waals surface area contributed by atoms with Crippen LogP contribution in [-0.2, 0) is 16.2 Å². The van der Waals surface area contributed by atoms with Crippen LogP contribution in [0, 0.1) is 13.8 Å². The van der Waals surface area contributed by atoms with Crippen molar-refractivity contribution in [3.8, 4) is 44.5 Å². The molecule has 2 nitrogen and oxygen atoms in total. The zero-order chi connectivity index (χ0) is 53.0. The van der Waals surface area contributed by atoms with Gasteiger partial charge in [-0.15, -0.1) is 11.3 Å². The van der Waals surface area contributed by atoms with Gasteiger partial charge in [0, 0.05) is 43.7 Å². The summed E-state index contributed by atoms with van der Waals surface area (Å²) >= 11 is 2.08. The molecule has 10 aromatic carbocycles. The Kier molecular flexibility index (Phi) is 9.03. The van der Waals surface area contributed by atoms with Gasteiger partial charge in [0.05, 0.1) is 16.5 Å². The van der Waals surface area contributed by atoms with E-state index in [1.807, 2.05) is 0 Å². The third-order valence-corrected chi connectivity index (χ3v) is 20.5. The molecule has 0 amide bonds. The Morgan fingerprint density at radius 2 is 0.911 bits per heavy atom. The second-order valence-electron chi connectivity index (χ2n) is 24.6. The Hall–Kier alpha value is -8.44. The lowest BCUT2D eigenvalue weighted by atomic mass is 9.36. The van der Waals surface area contributed by atoms with Gasteiger partial charge in [-0.25, -0.2) is 0 Å². The predicted octanol–water partition coefficient (Wildman–Crippen LogP) is 17.6. The summed E-state index contributed by atoms with van der Waals surface area (Å²) in [5.41, 5.74) is 34.6. The fraction of sp³-hybridized carbons (Fsp3) is 0.147. The van der Waals surface area contributed by atoms with E-state index in [-0.39, 0.29) is 12.1 Å². The maximum Gasteiger partial charge on any atom is 0.264 e. The molecule has 0 fully saturated rings. The molecule has 4 aliphatic carbocycles. The Balaban J connectivity index is 1.03. The molecule has 17 rings (SSSR count). The highest BCUT2D eigenvalue weighted by Crippen LogP contribution is 2.68. The molecule has 0 saturated heterocycles. The zero-order valence-electron chi connectivity index (χ0n) is 45.7. The number of rotatable bonds is 3. The third-order valence-electron chi connectivity index (χ3n) is 19.1. The first-order valence-corrected chi connectivity index (χ1v) is 29.2. The van der Waals surface area contributed by atoms with Crippen LogP contribution < -0.4 is 25.5 Å². The highest BCUT2D eigenvalue weighted by atomic mass is 32.1. The van der Waals surface area contributed by atoms with E-state index in [1.54, 1.807) is 0 Å². The summed E-state index contributed by atoms with van der Waals surface area (Å²) in [6, 6.07) is 83.2. The molecule has 11 aromatic rings. The van der Waals surface area contributed by atoms with Gasteiger partial charge < -0.3 is 9.80 Å². The summed E-state index contributed by atoms with van der Waals surface area (Å²) < 4.78 is 1.41. The molecule has 2 aliphatic heterocycles. The Morgan fingerprint density at radius 3 is 1.46 bits per heavy atom. The third kappa shape index (κ3) is 5.63. The molecule has 3 heterocycles. The first-order valence-electron chi connectivity index (χ1n) is 28.4. The Bertz CT molecular complexity index is 4400. The van der Waals surface area contributed by atoms with Crippen molar-refractivity contribution in [2.75, 3.05) is 9.80 Å². The first-order chi connectivity index (χ1) is 38.5. The summed E-state index contributed by atoms with van der Waals surface area (Å²) in [7, 11) is 0. The number of hydrogen-bond acceptors (Lipinski definition) is 3. The molecule has 0 radical (unpaired) electrons. The fourth-order valence-electron chi connectivity index (χ4n) is 15.8. The normalized spacial score (nSPS) is 15.3. The summed E-state index contributed by atoms with van der Waals surface area (Å²) in [6.07, 6.45) is 0. The molecule has 0 N–H and O–H groups in total. The summed E-state index contributed by atoms with van der Waals surface area (Å²) in [6.45, 7) is 16.1. The smallest absolute Gasteiger partial charge is 0.264 e. The van der Waals surface area contributed by atoms with Crippen molar-refractivity contribution in [1.82, 2.24) is 0 Å². The van der Waals surface area contributed by atoms with Crippen molar-refractivity contribution in [2.24, 2.45) is 0 Å². The van der Waals surface area contributed by atoms with Crippen LogP contribution in [0.25, 0.3) is 44.5 Å². The number of benzene rings is 10. The molecule has 376 valence electrons. The highest BCUT2D eigenvalue weighted by molar-refractivity contribution is 7.30. The lowest BCUT2D eigenvalue weighted by molar-refractivity contribution is 0.590. The van der Waals surface area contributed by atoms with Crippen LogP contribution in [0.1, 0.15) is 107 Å². The van der Waals surface area contributed by atoms with Crippen molar-refractivity contribution in [1.29, 1.82) is 0 Å². The molecule has 79 heavy (non-hydrogen) atoms. The van der Waals surface area contributed by atoms with E-state index in [0.717, 1.165) is 0 Å². The van der Waals surface area contributed by atoms with E-state index < -0.39 is 10.8 Å². The Morgan fingerprint density at radius 1 is 0.430 bits per heavy atom. The van der Waals surface area contributed by atoms with Crippen molar-refractivity contribution in [3.63, 3.8) is 0 Å². The molecule has 0 atom stereocenters. The number of thiophene rings is 1. The maximum absolute atomic E-state index is 2.70. The topological polar surface area (TPSA) is 6.48 Å². The second-order valence-corrected chi connectivity index (χ2v) is 25.7. The molecular weight excluding hydrogens is 972 g/mol. The SMILES string of the molecule is Cc1cc2c3c(c1)N(c1ccc(C(C)(C)C)cc1)c1c(sc4c1-c1ccc(C)cc1C41c4ccccc4-c4ccccc41)B3c1cc3c(cc1N2c1ccc(C(C)C)cc1)C1(c2ccccc2-c2ccccc21)c1ccccc1-3. The van der Waals surface area contributed by atoms with Gasteiger partial charge in [-0.2, -0.15) is 0 Å². The molecule has 6 aliphatic rings. The number of hydrogen-bond donors (Lipinski definition) is 0. The van der Waals surface area contributed by atoms with E-state index in [2.05, 4.69) is 282 Å². The van der Waals surface area contributed by atoms with Gasteiger partial charge in [0.2, 0.25) is 0 Å². The van der Waals surface area contributed by atoms with Crippen LogP contribution >= 0.6 is 11.3 Å². The second kappa shape index (κ2) is 15.6. The average molecular weight is 1030 g/mol. The Labute approximate surface area is 468 Å². The van der Waals surface area contributed by atoms with Crippen LogP contribution in [0.15, 0.2) is 212 Å². The lowest BCUT2D eigenvalue weighted by Crippen LogP contribution is -2.60. The van der Waals surface area contributed by atoms with Crippen LogP contribution in [0.5, 0.6) is 0 Å². The van der Waals surface area contributed by atoms with Crippen molar-refractivity contribution >= 4 is 67.9 Å². The predicted molar refractivity (Wildman–Crippen MR) is 333 cm³/mol. The van der Waals surface area contributed by atoms with Gasteiger partial charge in [0.25, 0.3) is 6.71 Å². The molecule has 0 bridgehead atoms. The number of nitrogens with zero attached hydrogens (tertiary/aromatic N) is 2. The maximum atomic E-state index is 2.70. The fourth-order valence-corrected chi connectivity index (χ4v) is 17.5. The van der Waals surface area contributed by atoms with E-state index in [1.165, 1.54) is 160 Å². The van der Waals surface area contributed by atoms with E-state index >= 15 is 0 Å². The highest BCUT2D eigenvalue weighted by Gasteiger charge is 2.58. The van der Waals surface area contributed by atoms with Crippen LogP contribution in [0.4, 0.5) is 34.1 Å². The molecular formula is C75H57BN2S. The van der Waals surface area contributed by atoms with Gasteiger partial charge in [0.15, 0.2) is 0 Å². The molecule has 0 unspecified atom stereocenters. The monoisotopic (exact) mass is 1030 g/mol. The van der Waals surface area contributed by atoms with Gasteiger partial charge >= 0.3 is 0 Å². The van der Waals surface area contributed by atoms with Crippen molar-refractivity contribution in [2.45, 2.75) is 70.6 Å². The standard InChI is InChI=1S/C75H57BN2S/c1-43(2)46-29-33-48(34-30-46)77-65-42-63-56(54-22-12-15-25-59(54)74(63)57-23-13-8-18-50(57)51-19-9-14-24-58(51)74)41-64(65)76-69-66(77)39-45(4)40-67(69)78(49-35-31-47(32-36-49)73(5,6)7)70-68-55-37-28-44(3)38-62(55)75(71(68)79-72(70)76)60-26-16-10-20-52(60)53-21-11-17-27-61(53)75/h8-43H,1-7H3. The van der Waals surface area contributed by atoms with Gasteiger partial charge in [0.1, 0.15) is 0 Å². The van der Waals surface area contributed by atoms with Crippen molar-refractivity contribution < 1.29 is 0 Å². The molecule has 0 saturated carbocycles. The van der Waals surface area contributed by atoms with Crippen LogP contribution in [-0.4, -0.2) is 6.71 Å². The van der Waals surface area contributed by atoms with Crippen LogP contribution in [0.2, 0.25) is 0 Å². The van der Waals surface area contributed by atoms with Gasteiger partial charge in [-0.1, -0.05) is 210 Å². The van der Waals surface area contributed by atoms with Crippen molar-refractivity contribution in [3.05, 3.63) is 278 Å². The van der Waals surface area contributed by atoms with E-state index in [4.69, 9.17) is 0 Å². The number of fused-ring (bicyclic) bond motifs is 25.